The van der Waals surface area contributed by atoms with Gasteiger partial charge >= 0.3 is 0 Å². The van der Waals surface area contributed by atoms with Crippen LogP contribution in [0.2, 0.25) is 4.34 Å². The Morgan fingerprint density at radius 3 is 2.52 bits per heavy atom. The fourth-order valence-electron chi connectivity index (χ4n) is 2.00. The molecule has 3 nitrogen and oxygen atoms in total. The van der Waals surface area contributed by atoms with Gasteiger partial charge in [-0.15, -0.1) is 11.3 Å². The van der Waals surface area contributed by atoms with E-state index in [0.717, 1.165) is 21.5 Å². The normalized spacial score (nSPS) is 10.9. The summed E-state index contributed by atoms with van der Waals surface area (Å²) in [4.78, 5) is 15.4. The molecule has 0 aliphatic carbocycles. The van der Waals surface area contributed by atoms with E-state index in [4.69, 9.17) is 16.3 Å². The van der Waals surface area contributed by atoms with E-state index in [-0.39, 0.29) is 5.78 Å². The predicted octanol–water partition coefficient (Wildman–Crippen LogP) is 4.11. The molecule has 0 atom stereocenters. The van der Waals surface area contributed by atoms with Crippen molar-refractivity contribution < 1.29 is 9.53 Å². The van der Waals surface area contributed by atoms with E-state index in [1.807, 2.05) is 55.3 Å². The fraction of sp³-hybridized carbons (Fsp3) is 0.312. The maximum atomic E-state index is 12.2. The Kier molecular flexibility index (Phi) is 5.79. The maximum absolute atomic E-state index is 12.2. The second-order valence-electron chi connectivity index (χ2n) is 4.76. The third-order valence-corrected chi connectivity index (χ3v) is 4.17. The van der Waals surface area contributed by atoms with Gasteiger partial charge in [0.1, 0.15) is 5.75 Å². The minimum Gasteiger partial charge on any atom is -0.494 e. The highest BCUT2D eigenvalue weighted by molar-refractivity contribution is 7.16. The fourth-order valence-corrected chi connectivity index (χ4v) is 3.17. The van der Waals surface area contributed by atoms with Crippen molar-refractivity contribution in [3.05, 3.63) is 51.2 Å². The van der Waals surface area contributed by atoms with Gasteiger partial charge in [0.15, 0.2) is 5.78 Å². The van der Waals surface area contributed by atoms with E-state index < -0.39 is 0 Å². The van der Waals surface area contributed by atoms with Crippen molar-refractivity contribution in [1.29, 1.82) is 0 Å². The molecule has 0 aliphatic rings. The number of carbonyl (C=O) groups is 1. The van der Waals surface area contributed by atoms with Crippen LogP contribution in [-0.2, 0) is 6.54 Å². The second kappa shape index (κ2) is 7.59. The van der Waals surface area contributed by atoms with Crippen LogP contribution in [0.3, 0.4) is 0 Å². The lowest BCUT2D eigenvalue weighted by atomic mass is 10.1. The van der Waals surface area contributed by atoms with Crippen LogP contribution in [0.25, 0.3) is 0 Å². The lowest BCUT2D eigenvalue weighted by Crippen LogP contribution is -2.25. The summed E-state index contributed by atoms with van der Waals surface area (Å²) in [6, 6.07) is 11.1. The van der Waals surface area contributed by atoms with Crippen molar-refractivity contribution in [1.82, 2.24) is 4.90 Å². The lowest BCUT2D eigenvalue weighted by Gasteiger charge is -2.14. The van der Waals surface area contributed by atoms with E-state index in [9.17, 15) is 4.79 Å². The lowest BCUT2D eigenvalue weighted by molar-refractivity contribution is 0.0943. The number of ketones is 1. The van der Waals surface area contributed by atoms with E-state index >= 15 is 0 Å². The quantitative estimate of drug-likeness (QED) is 0.718. The molecule has 2 rings (SSSR count). The molecule has 0 amide bonds. The molecule has 0 bridgehead atoms. The summed E-state index contributed by atoms with van der Waals surface area (Å²) in [5, 5.41) is 0. The van der Waals surface area contributed by atoms with Crippen LogP contribution in [0.1, 0.15) is 22.2 Å². The molecule has 0 saturated heterocycles. The molecular weight excluding hydrogens is 306 g/mol. The van der Waals surface area contributed by atoms with Crippen molar-refractivity contribution in [3.63, 3.8) is 0 Å². The monoisotopic (exact) mass is 323 g/mol. The predicted molar refractivity (Wildman–Crippen MR) is 87.6 cm³/mol. The molecule has 1 heterocycles. The summed E-state index contributed by atoms with van der Waals surface area (Å²) in [5.41, 5.74) is 0.703. The van der Waals surface area contributed by atoms with Crippen LogP contribution < -0.4 is 4.74 Å². The summed E-state index contributed by atoms with van der Waals surface area (Å²) in [6.07, 6.45) is 0. The van der Waals surface area contributed by atoms with Crippen molar-refractivity contribution in [3.8, 4) is 5.75 Å². The summed E-state index contributed by atoms with van der Waals surface area (Å²) in [7, 11) is 1.93. The number of nitrogens with zero attached hydrogens (tertiary/aromatic N) is 1. The molecule has 0 aliphatic heterocycles. The van der Waals surface area contributed by atoms with Gasteiger partial charge in [0.05, 0.1) is 17.5 Å². The number of ether oxygens (including phenoxy) is 1. The van der Waals surface area contributed by atoms with Gasteiger partial charge in [0, 0.05) is 17.0 Å². The number of Topliss-reactive ketones (excluding diaryl/α,β-unsaturated/α-hetero) is 1. The van der Waals surface area contributed by atoms with Gasteiger partial charge in [-0.3, -0.25) is 9.69 Å². The average molecular weight is 324 g/mol. The number of rotatable bonds is 7. The van der Waals surface area contributed by atoms with E-state index in [0.29, 0.717) is 18.7 Å². The van der Waals surface area contributed by atoms with E-state index in [2.05, 4.69) is 0 Å². The van der Waals surface area contributed by atoms with Crippen LogP contribution in [0.4, 0.5) is 0 Å². The standard InChI is InChI=1S/C16H18ClNO2S/c1-3-20-13-6-4-12(5-7-13)15(19)11-18(2)10-14-8-9-16(17)21-14/h4-9H,3,10-11H2,1-2H3. The topological polar surface area (TPSA) is 29.5 Å². The summed E-state index contributed by atoms with van der Waals surface area (Å²) < 4.78 is 6.14. The van der Waals surface area contributed by atoms with Gasteiger partial charge in [0.25, 0.3) is 0 Å². The molecule has 0 spiro atoms. The third-order valence-electron chi connectivity index (χ3n) is 2.96. The Morgan fingerprint density at radius 2 is 1.95 bits per heavy atom. The first-order valence-corrected chi connectivity index (χ1v) is 7.96. The van der Waals surface area contributed by atoms with Crippen LogP contribution in [-0.4, -0.2) is 30.9 Å². The number of thiophene rings is 1. The summed E-state index contributed by atoms with van der Waals surface area (Å²) >= 11 is 7.45. The van der Waals surface area contributed by atoms with Gasteiger partial charge in [-0.25, -0.2) is 0 Å². The van der Waals surface area contributed by atoms with Gasteiger partial charge in [-0.05, 0) is 50.4 Å². The molecule has 0 radical (unpaired) electrons. The second-order valence-corrected chi connectivity index (χ2v) is 6.56. The van der Waals surface area contributed by atoms with Crippen molar-refractivity contribution in [2.24, 2.45) is 0 Å². The Morgan fingerprint density at radius 1 is 1.24 bits per heavy atom. The van der Waals surface area contributed by atoms with E-state index in [1.165, 1.54) is 0 Å². The largest absolute Gasteiger partial charge is 0.494 e. The molecule has 1 aromatic heterocycles. The summed E-state index contributed by atoms with van der Waals surface area (Å²) in [6.45, 7) is 3.66. The number of benzene rings is 1. The molecule has 0 fully saturated rings. The minimum atomic E-state index is 0.100. The zero-order valence-corrected chi connectivity index (χ0v) is 13.7. The Labute approximate surface area is 134 Å². The smallest absolute Gasteiger partial charge is 0.176 e. The van der Waals surface area contributed by atoms with Gasteiger partial charge in [-0.2, -0.15) is 0 Å². The molecule has 5 heteroatoms. The SMILES string of the molecule is CCOc1ccc(C(=O)CN(C)Cc2ccc(Cl)s2)cc1. The van der Waals surface area contributed by atoms with Crippen LogP contribution in [0, 0.1) is 0 Å². The van der Waals surface area contributed by atoms with Gasteiger partial charge in [0.2, 0.25) is 0 Å². The van der Waals surface area contributed by atoms with Crippen molar-refractivity contribution >= 4 is 28.7 Å². The summed E-state index contributed by atoms with van der Waals surface area (Å²) in [5.74, 6) is 0.888. The van der Waals surface area contributed by atoms with Crippen LogP contribution in [0.15, 0.2) is 36.4 Å². The van der Waals surface area contributed by atoms with Crippen molar-refractivity contribution in [2.75, 3.05) is 20.2 Å². The zero-order chi connectivity index (χ0) is 15.2. The number of hydrogen-bond acceptors (Lipinski definition) is 4. The van der Waals surface area contributed by atoms with Gasteiger partial charge in [-0.1, -0.05) is 11.6 Å². The van der Waals surface area contributed by atoms with Crippen molar-refractivity contribution in [2.45, 2.75) is 13.5 Å². The molecule has 0 saturated carbocycles. The highest BCUT2D eigenvalue weighted by Crippen LogP contribution is 2.22. The Bertz CT molecular complexity index is 595. The van der Waals surface area contributed by atoms with Crippen LogP contribution >= 0.6 is 22.9 Å². The highest BCUT2D eigenvalue weighted by Gasteiger charge is 2.11. The minimum absolute atomic E-state index is 0.100. The molecular formula is C16H18ClNO2S. The highest BCUT2D eigenvalue weighted by atomic mass is 35.5. The third kappa shape index (κ3) is 4.84. The number of hydrogen-bond donors (Lipinski definition) is 0. The molecule has 21 heavy (non-hydrogen) atoms. The molecule has 112 valence electrons. The molecule has 1 aromatic carbocycles. The first-order valence-electron chi connectivity index (χ1n) is 6.77. The Hall–Kier alpha value is -1.36. The first-order chi connectivity index (χ1) is 10.1. The number of carbonyl (C=O) groups excluding carboxylic acids is 1. The molecule has 0 unspecified atom stereocenters. The average Bonchev–Trinajstić information content (AvgIpc) is 2.85. The van der Waals surface area contributed by atoms with Gasteiger partial charge < -0.3 is 4.74 Å². The Balaban J connectivity index is 1.90. The van der Waals surface area contributed by atoms with Crippen LogP contribution in [0.5, 0.6) is 5.75 Å². The molecule has 2 aromatic rings. The zero-order valence-electron chi connectivity index (χ0n) is 12.1. The van der Waals surface area contributed by atoms with E-state index in [1.54, 1.807) is 11.3 Å². The molecule has 0 N–H and O–H groups in total. The number of halogens is 1. The first kappa shape index (κ1) is 16.0. The number of likely N-dealkylation sites (N-methyl/N-ethyl adjacent to an activating group) is 1. The maximum Gasteiger partial charge on any atom is 0.176 e.